The average molecular weight is 269 g/mol. The smallest absolute Gasteiger partial charge is 0.256 e. The number of aromatic nitrogens is 2. The van der Waals surface area contributed by atoms with E-state index in [0.29, 0.717) is 24.5 Å². The van der Waals surface area contributed by atoms with Gasteiger partial charge in [0, 0.05) is 33.7 Å². The van der Waals surface area contributed by atoms with Crippen LogP contribution in [0.3, 0.4) is 0 Å². The van der Waals surface area contributed by atoms with Gasteiger partial charge in [0.25, 0.3) is 5.91 Å². The van der Waals surface area contributed by atoms with Crippen molar-refractivity contribution in [2.45, 2.75) is 6.42 Å². The van der Waals surface area contributed by atoms with Crippen molar-refractivity contribution < 1.29 is 14.3 Å². The molecule has 0 atom stereocenters. The predicted octanol–water partition coefficient (Wildman–Crippen LogP) is -1.12. The first-order valence-electron chi connectivity index (χ1n) is 5.87. The molecule has 1 rings (SSSR count). The molecule has 0 spiro atoms. The number of amides is 2. The van der Waals surface area contributed by atoms with Crippen LogP contribution in [-0.4, -0.2) is 48.4 Å². The average Bonchev–Trinajstić information content (AvgIpc) is 2.70. The van der Waals surface area contributed by atoms with Crippen LogP contribution in [0.1, 0.15) is 16.8 Å². The number of aryl methyl sites for hydroxylation is 1. The maximum Gasteiger partial charge on any atom is 0.256 e. The second-order valence-electron chi connectivity index (χ2n) is 3.92. The Kier molecular flexibility index (Phi) is 5.80. The van der Waals surface area contributed by atoms with Crippen molar-refractivity contribution in [1.82, 2.24) is 20.4 Å². The lowest BCUT2D eigenvalue weighted by Crippen LogP contribution is -2.32. The maximum atomic E-state index is 11.7. The number of rotatable bonds is 7. The highest BCUT2D eigenvalue weighted by atomic mass is 16.5. The molecule has 1 heterocycles. The number of anilines is 1. The van der Waals surface area contributed by atoms with E-state index in [0.717, 1.165) is 0 Å². The van der Waals surface area contributed by atoms with Crippen molar-refractivity contribution in [3.05, 3.63) is 11.8 Å². The summed E-state index contributed by atoms with van der Waals surface area (Å²) < 4.78 is 6.21. The minimum atomic E-state index is -0.338. The van der Waals surface area contributed by atoms with Gasteiger partial charge in [-0.2, -0.15) is 5.10 Å². The van der Waals surface area contributed by atoms with Gasteiger partial charge in [-0.15, -0.1) is 0 Å². The van der Waals surface area contributed by atoms with E-state index in [1.54, 1.807) is 14.2 Å². The van der Waals surface area contributed by atoms with Gasteiger partial charge in [-0.05, 0) is 0 Å². The molecule has 0 aliphatic carbocycles. The SMILES string of the molecule is COCCNC(=O)CCNC(=O)c1cnn(C)c1N. The molecular weight excluding hydrogens is 250 g/mol. The summed E-state index contributed by atoms with van der Waals surface area (Å²) in [5.41, 5.74) is 5.97. The van der Waals surface area contributed by atoms with Crippen molar-refractivity contribution in [3.8, 4) is 0 Å². The van der Waals surface area contributed by atoms with Gasteiger partial charge in [0.15, 0.2) is 0 Å². The molecule has 8 heteroatoms. The van der Waals surface area contributed by atoms with Gasteiger partial charge in [-0.25, -0.2) is 0 Å². The molecule has 0 saturated heterocycles. The van der Waals surface area contributed by atoms with Gasteiger partial charge in [0.05, 0.1) is 12.8 Å². The minimum Gasteiger partial charge on any atom is -0.383 e. The van der Waals surface area contributed by atoms with Crippen LogP contribution in [0, 0.1) is 0 Å². The summed E-state index contributed by atoms with van der Waals surface area (Å²) in [6, 6.07) is 0. The number of nitrogens with one attached hydrogen (secondary N) is 2. The molecule has 0 saturated carbocycles. The Morgan fingerprint density at radius 2 is 2.16 bits per heavy atom. The summed E-state index contributed by atoms with van der Waals surface area (Å²) in [5, 5.41) is 9.13. The number of hydrogen-bond donors (Lipinski definition) is 3. The fraction of sp³-hybridized carbons (Fsp3) is 0.545. The third kappa shape index (κ3) is 4.59. The Hall–Kier alpha value is -2.09. The van der Waals surface area contributed by atoms with Crippen LogP contribution in [0.25, 0.3) is 0 Å². The summed E-state index contributed by atoms with van der Waals surface area (Å²) in [5.74, 6) is -0.186. The van der Waals surface area contributed by atoms with E-state index in [1.165, 1.54) is 10.9 Å². The number of methoxy groups -OCH3 is 1. The van der Waals surface area contributed by atoms with Crippen LogP contribution in [0.15, 0.2) is 6.20 Å². The zero-order chi connectivity index (χ0) is 14.3. The zero-order valence-corrected chi connectivity index (χ0v) is 11.1. The Balaban J connectivity index is 2.28. The summed E-state index contributed by atoms with van der Waals surface area (Å²) in [7, 11) is 3.21. The van der Waals surface area contributed by atoms with Crippen LogP contribution >= 0.6 is 0 Å². The summed E-state index contributed by atoms with van der Waals surface area (Å²) >= 11 is 0. The zero-order valence-electron chi connectivity index (χ0n) is 11.1. The van der Waals surface area contributed by atoms with Gasteiger partial charge >= 0.3 is 0 Å². The molecule has 8 nitrogen and oxygen atoms in total. The number of carbonyl (C=O) groups is 2. The fourth-order valence-corrected chi connectivity index (χ4v) is 1.39. The van der Waals surface area contributed by atoms with Crippen LogP contribution in [0.2, 0.25) is 0 Å². The van der Waals surface area contributed by atoms with E-state index in [1.807, 2.05) is 0 Å². The van der Waals surface area contributed by atoms with Crippen molar-refractivity contribution >= 4 is 17.6 Å². The molecule has 0 aliphatic heterocycles. The van der Waals surface area contributed by atoms with E-state index in [4.69, 9.17) is 10.5 Å². The Morgan fingerprint density at radius 1 is 1.42 bits per heavy atom. The van der Waals surface area contributed by atoms with E-state index in [2.05, 4.69) is 15.7 Å². The summed E-state index contributed by atoms with van der Waals surface area (Å²) in [4.78, 5) is 23.1. The molecule has 106 valence electrons. The largest absolute Gasteiger partial charge is 0.383 e. The molecular formula is C11H19N5O3. The highest BCUT2D eigenvalue weighted by Crippen LogP contribution is 2.08. The second-order valence-corrected chi connectivity index (χ2v) is 3.92. The van der Waals surface area contributed by atoms with Gasteiger partial charge in [-0.3, -0.25) is 14.3 Å². The molecule has 0 aliphatic rings. The fourth-order valence-electron chi connectivity index (χ4n) is 1.39. The van der Waals surface area contributed by atoms with E-state index in [9.17, 15) is 9.59 Å². The molecule has 2 amide bonds. The molecule has 0 radical (unpaired) electrons. The molecule has 0 bridgehead atoms. The van der Waals surface area contributed by atoms with Crippen LogP contribution < -0.4 is 16.4 Å². The standard InChI is InChI=1S/C11H19N5O3/c1-16-10(12)8(7-15-16)11(18)14-4-3-9(17)13-5-6-19-2/h7H,3-6,12H2,1-2H3,(H,13,17)(H,14,18). The highest BCUT2D eigenvalue weighted by Gasteiger charge is 2.13. The number of nitrogens with zero attached hydrogens (tertiary/aromatic N) is 2. The van der Waals surface area contributed by atoms with Crippen molar-refractivity contribution in [3.63, 3.8) is 0 Å². The molecule has 1 aromatic heterocycles. The molecule has 19 heavy (non-hydrogen) atoms. The van der Waals surface area contributed by atoms with E-state index >= 15 is 0 Å². The van der Waals surface area contributed by atoms with Crippen molar-refractivity contribution in [2.24, 2.45) is 7.05 Å². The van der Waals surface area contributed by atoms with E-state index in [-0.39, 0.29) is 24.8 Å². The third-order valence-corrected chi connectivity index (χ3v) is 2.50. The van der Waals surface area contributed by atoms with Crippen molar-refractivity contribution in [2.75, 3.05) is 32.5 Å². The van der Waals surface area contributed by atoms with Gasteiger partial charge < -0.3 is 21.1 Å². The van der Waals surface area contributed by atoms with Gasteiger partial charge in [0.2, 0.25) is 5.91 Å². The maximum absolute atomic E-state index is 11.7. The van der Waals surface area contributed by atoms with Crippen LogP contribution in [0.5, 0.6) is 0 Å². The monoisotopic (exact) mass is 269 g/mol. The highest BCUT2D eigenvalue weighted by molar-refractivity contribution is 5.98. The molecule has 4 N–H and O–H groups in total. The lowest BCUT2D eigenvalue weighted by molar-refractivity contribution is -0.121. The topological polar surface area (TPSA) is 111 Å². The second kappa shape index (κ2) is 7.37. The first kappa shape index (κ1) is 15.0. The Bertz CT molecular complexity index is 444. The molecule has 1 aromatic rings. The van der Waals surface area contributed by atoms with Gasteiger partial charge in [0.1, 0.15) is 11.4 Å². The number of carbonyl (C=O) groups excluding carboxylic acids is 2. The first-order chi connectivity index (χ1) is 9.06. The normalized spacial score (nSPS) is 10.2. The summed E-state index contributed by atoms with van der Waals surface area (Å²) in [6.07, 6.45) is 1.60. The minimum absolute atomic E-state index is 0.142. The molecule has 0 fully saturated rings. The number of nitrogen functional groups attached to an aromatic ring is 1. The van der Waals surface area contributed by atoms with Crippen LogP contribution in [0.4, 0.5) is 5.82 Å². The lowest BCUT2D eigenvalue weighted by atomic mass is 10.3. The number of nitrogens with two attached hydrogens (primary N) is 1. The van der Waals surface area contributed by atoms with Crippen molar-refractivity contribution in [1.29, 1.82) is 0 Å². The number of ether oxygens (including phenoxy) is 1. The van der Waals surface area contributed by atoms with E-state index < -0.39 is 0 Å². The van der Waals surface area contributed by atoms with Crippen LogP contribution in [-0.2, 0) is 16.6 Å². The Morgan fingerprint density at radius 3 is 2.74 bits per heavy atom. The van der Waals surface area contributed by atoms with Gasteiger partial charge in [-0.1, -0.05) is 0 Å². The first-order valence-corrected chi connectivity index (χ1v) is 5.87. The molecule has 0 unspecified atom stereocenters. The third-order valence-electron chi connectivity index (χ3n) is 2.50. The quantitative estimate of drug-likeness (QED) is 0.543. The predicted molar refractivity (Wildman–Crippen MR) is 69.5 cm³/mol. The number of hydrogen-bond acceptors (Lipinski definition) is 5. The summed E-state index contributed by atoms with van der Waals surface area (Å²) in [6.45, 7) is 1.16. The molecule has 0 aromatic carbocycles. The Labute approximate surface area is 111 Å². The lowest BCUT2D eigenvalue weighted by Gasteiger charge is -2.06.